The molecular formula is C16H31IN4O2S2. The number of hydrogen-bond acceptors (Lipinski definition) is 4. The van der Waals surface area contributed by atoms with Crippen LogP contribution in [0, 0.1) is 0 Å². The zero-order chi connectivity index (χ0) is 18.0. The van der Waals surface area contributed by atoms with E-state index in [0.29, 0.717) is 32.1 Å². The van der Waals surface area contributed by atoms with Crippen molar-refractivity contribution in [3.8, 4) is 0 Å². The second-order valence-electron chi connectivity index (χ2n) is 5.24. The standard InChI is InChI=1S/C16H30N4O2S2.HI/c1-5-14-9-10-15(23-14)13-19-16(17-6-2)18-11-12-24(21,22)20(7-3)8-4;/h9-10H,5-8,11-13H2,1-4H3,(H2,17,18,19);1H. The van der Waals surface area contributed by atoms with Crippen LogP contribution in [-0.4, -0.2) is 50.6 Å². The summed E-state index contributed by atoms with van der Waals surface area (Å²) in [6.45, 7) is 10.5. The highest BCUT2D eigenvalue weighted by molar-refractivity contribution is 14.0. The summed E-state index contributed by atoms with van der Waals surface area (Å²) in [4.78, 5) is 7.09. The van der Waals surface area contributed by atoms with Gasteiger partial charge in [-0.05, 0) is 25.5 Å². The summed E-state index contributed by atoms with van der Waals surface area (Å²) in [5.74, 6) is 0.719. The van der Waals surface area contributed by atoms with E-state index in [1.165, 1.54) is 14.1 Å². The molecule has 0 saturated carbocycles. The van der Waals surface area contributed by atoms with E-state index in [0.717, 1.165) is 13.0 Å². The van der Waals surface area contributed by atoms with Gasteiger partial charge in [-0.15, -0.1) is 35.3 Å². The van der Waals surface area contributed by atoms with E-state index in [-0.39, 0.29) is 29.7 Å². The Bertz CT molecular complexity index is 613. The van der Waals surface area contributed by atoms with E-state index >= 15 is 0 Å². The van der Waals surface area contributed by atoms with Crippen molar-refractivity contribution in [2.24, 2.45) is 4.99 Å². The number of rotatable bonds is 10. The van der Waals surface area contributed by atoms with E-state index < -0.39 is 10.0 Å². The average molecular weight is 502 g/mol. The van der Waals surface area contributed by atoms with Crippen LogP contribution in [-0.2, 0) is 23.0 Å². The van der Waals surface area contributed by atoms with Crippen molar-refractivity contribution >= 4 is 51.3 Å². The van der Waals surface area contributed by atoms with Gasteiger partial charge in [0.1, 0.15) is 0 Å². The summed E-state index contributed by atoms with van der Waals surface area (Å²) < 4.78 is 25.8. The quantitative estimate of drug-likeness (QED) is 0.293. The number of nitrogens with zero attached hydrogens (tertiary/aromatic N) is 2. The van der Waals surface area contributed by atoms with E-state index in [4.69, 9.17) is 0 Å². The van der Waals surface area contributed by atoms with Gasteiger partial charge in [0.25, 0.3) is 0 Å². The molecule has 0 aromatic carbocycles. The Morgan fingerprint density at radius 1 is 1.12 bits per heavy atom. The smallest absolute Gasteiger partial charge is 0.215 e. The van der Waals surface area contributed by atoms with Crippen molar-refractivity contribution in [3.05, 3.63) is 21.9 Å². The first-order chi connectivity index (χ1) is 11.5. The molecule has 0 radical (unpaired) electrons. The first-order valence-electron chi connectivity index (χ1n) is 8.54. The first kappa shape index (κ1) is 24.6. The minimum Gasteiger partial charge on any atom is -0.357 e. The Morgan fingerprint density at radius 2 is 1.76 bits per heavy atom. The topological polar surface area (TPSA) is 73.8 Å². The Hall–Kier alpha value is -0.390. The summed E-state index contributed by atoms with van der Waals surface area (Å²) in [5, 5.41) is 6.26. The van der Waals surface area contributed by atoms with Crippen molar-refractivity contribution in [3.63, 3.8) is 0 Å². The average Bonchev–Trinajstić information content (AvgIpc) is 3.01. The number of thiophene rings is 1. The summed E-state index contributed by atoms with van der Waals surface area (Å²) in [7, 11) is -3.21. The summed E-state index contributed by atoms with van der Waals surface area (Å²) in [6.07, 6.45) is 1.04. The molecule has 0 aliphatic carbocycles. The Kier molecular flexibility index (Phi) is 12.7. The normalized spacial score (nSPS) is 12.1. The van der Waals surface area contributed by atoms with Gasteiger partial charge >= 0.3 is 0 Å². The van der Waals surface area contributed by atoms with Gasteiger partial charge in [0.05, 0.1) is 12.3 Å². The SMILES string of the molecule is CCNC(=NCc1ccc(CC)s1)NCCS(=O)(=O)N(CC)CC.I. The predicted octanol–water partition coefficient (Wildman–Crippen LogP) is 2.66. The van der Waals surface area contributed by atoms with Crippen LogP contribution in [0.4, 0.5) is 0 Å². The molecule has 0 spiro atoms. The van der Waals surface area contributed by atoms with Gasteiger partial charge in [0, 0.05) is 35.9 Å². The Labute approximate surface area is 173 Å². The van der Waals surface area contributed by atoms with Crippen LogP contribution in [0.1, 0.15) is 37.4 Å². The van der Waals surface area contributed by atoms with Crippen molar-refractivity contribution in [2.45, 2.75) is 40.7 Å². The molecule has 0 aliphatic heterocycles. The number of sulfonamides is 1. The van der Waals surface area contributed by atoms with Crippen LogP contribution >= 0.6 is 35.3 Å². The lowest BCUT2D eigenvalue weighted by Gasteiger charge is -2.19. The highest BCUT2D eigenvalue weighted by Crippen LogP contribution is 2.17. The maximum absolute atomic E-state index is 12.2. The molecule has 0 amide bonds. The lowest BCUT2D eigenvalue weighted by atomic mass is 10.4. The lowest BCUT2D eigenvalue weighted by molar-refractivity contribution is 0.445. The molecular weight excluding hydrogens is 471 g/mol. The van der Waals surface area contributed by atoms with Gasteiger partial charge in [-0.2, -0.15) is 0 Å². The number of hydrogen-bond donors (Lipinski definition) is 2. The zero-order valence-electron chi connectivity index (χ0n) is 15.5. The molecule has 0 unspecified atom stereocenters. The number of aryl methyl sites for hydroxylation is 1. The third-order valence-electron chi connectivity index (χ3n) is 3.55. The fraction of sp³-hybridized carbons (Fsp3) is 0.688. The molecule has 2 N–H and O–H groups in total. The highest BCUT2D eigenvalue weighted by atomic mass is 127. The van der Waals surface area contributed by atoms with Crippen LogP contribution < -0.4 is 10.6 Å². The van der Waals surface area contributed by atoms with Crippen LogP contribution in [0.15, 0.2) is 17.1 Å². The summed E-state index contributed by atoms with van der Waals surface area (Å²) >= 11 is 1.77. The molecule has 9 heteroatoms. The van der Waals surface area contributed by atoms with E-state index in [2.05, 4.69) is 34.7 Å². The van der Waals surface area contributed by atoms with Gasteiger partial charge in [0.15, 0.2) is 5.96 Å². The zero-order valence-corrected chi connectivity index (χ0v) is 19.5. The highest BCUT2D eigenvalue weighted by Gasteiger charge is 2.18. The molecule has 25 heavy (non-hydrogen) atoms. The van der Waals surface area contributed by atoms with Crippen LogP contribution in [0.3, 0.4) is 0 Å². The van der Waals surface area contributed by atoms with Crippen LogP contribution in [0.5, 0.6) is 0 Å². The monoisotopic (exact) mass is 502 g/mol. The molecule has 0 bridgehead atoms. The maximum Gasteiger partial charge on any atom is 0.215 e. The van der Waals surface area contributed by atoms with Gasteiger partial charge in [-0.3, -0.25) is 0 Å². The summed E-state index contributed by atoms with van der Waals surface area (Å²) in [6, 6.07) is 4.23. The number of halogens is 1. The molecule has 1 aromatic heterocycles. The molecule has 0 aliphatic rings. The molecule has 1 heterocycles. The van der Waals surface area contributed by atoms with E-state index in [9.17, 15) is 8.42 Å². The van der Waals surface area contributed by atoms with Crippen LogP contribution in [0.2, 0.25) is 0 Å². The maximum atomic E-state index is 12.2. The molecule has 1 rings (SSSR count). The van der Waals surface area contributed by atoms with Crippen molar-refractivity contribution in [1.82, 2.24) is 14.9 Å². The Morgan fingerprint density at radius 3 is 2.28 bits per heavy atom. The molecule has 6 nitrogen and oxygen atoms in total. The molecule has 0 atom stereocenters. The van der Waals surface area contributed by atoms with E-state index in [1.807, 2.05) is 20.8 Å². The molecule has 1 aromatic rings. The largest absolute Gasteiger partial charge is 0.357 e. The second-order valence-corrected chi connectivity index (χ2v) is 8.59. The van der Waals surface area contributed by atoms with Crippen LogP contribution in [0.25, 0.3) is 0 Å². The van der Waals surface area contributed by atoms with Crippen molar-refractivity contribution in [1.29, 1.82) is 0 Å². The van der Waals surface area contributed by atoms with Crippen molar-refractivity contribution < 1.29 is 8.42 Å². The van der Waals surface area contributed by atoms with Gasteiger partial charge < -0.3 is 10.6 Å². The lowest BCUT2D eigenvalue weighted by Crippen LogP contribution is -2.42. The number of nitrogens with one attached hydrogen (secondary N) is 2. The fourth-order valence-electron chi connectivity index (χ4n) is 2.24. The molecule has 0 saturated heterocycles. The van der Waals surface area contributed by atoms with Gasteiger partial charge in [-0.25, -0.2) is 17.7 Å². The summed E-state index contributed by atoms with van der Waals surface area (Å²) in [5.41, 5.74) is 0. The number of guanidine groups is 1. The number of aliphatic imine (C=N–C) groups is 1. The van der Waals surface area contributed by atoms with Gasteiger partial charge in [-0.1, -0.05) is 20.8 Å². The van der Waals surface area contributed by atoms with Gasteiger partial charge in [0.2, 0.25) is 10.0 Å². The second kappa shape index (κ2) is 12.9. The van der Waals surface area contributed by atoms with Crippen molar-refractivity contribution in [2.75, 3.05) is 31.9 Å². The molecule has 0 fully saturated rings. The predicted molar refractivity (Wildman–Crippen MR) is 119 cm³/mol. The van der Waals surface area contributed by atoms with E-state index in [1.54, 1.807) is 11.3 Å². The molecule has 146 valence electrons. The Balaban J connectivity index is 0.00000576. The minimum absolute atomic E-state index is 0. The third kappa shape index (κ3) is 8.69. The fourth-order valence-corrected chi connectivity index (χ4v) is 4.53. The first-order valence-corrected chi connectivity index (χ1v) is 11.0. The third-order valence-corrected chi connectivity index (χ3v) is 6.79. The minimum atomic E-state index is -3.21.